The Labute approximate surface area is 266 Å². The van der Waals surface area contributed by atoms with E-state index in [1.54, 1.807) is 36.5 Å². The number of aromatic amines is 2. The lowest BCUT2D eigenvalue weighted by atomic mass is 10.1. The van der Waals surface area contributed by atoms with Crippen molar-refractivity contribution in [3.63, 3.8) is 0 Å². The molecule has 0 saturated carbocycles. The molecular formula is C33H26Cl2N4O6. The van der Waals surface area contributed by atoms with E-state index in [2.05, 4.69) is 20.0 Å². The first kappa shape index (κ1) is 31.0. The quantitative estimate of drug-likeness (QED) is 0.0956. The normalized spacial score (nSPS) is 11.4. The molecule has 2 heterocycles. The Morgan fingerprint density at radius 1 is 0.756 bits per heavy atom. The predicted molar refractivity (Wildman–Crippen MR) is 177 cm³/mol. The molecule has 0 aliphatic rings. The minimum absolute atomic E-state index is 0.0664. The van der Waals surface area contributed by atoms with Crippen LogP contribution in [0.5, 0.6) is 23.3 Å². The number of aromatic nitrogens is 2. The van der Waals surface area contributed by atoms with Gasteiger partial charge in [0.25, 0.3) is 0 Å². The SMILES string of the molecule is CCOc1ccc(N=Cc2c(O)[nH]c3ccc(Cl)cc23)cc1.O=C(O)c1cc(N=Cc2c(O)[nH]c3ccc(Cl)cc23)ccc1O. The third-order valence-corrected chi connectivity index (χ3v) is 7.07. The second-order valence-electron chi connectivity index (χ2n) is 9.60. The summed E-state index contributed by atoms with van der Waals surface area (Å²) in [4.78, 5) is 25.2. The van der Waals surface area contributed by atoms with Crippen LogP contribution in [0.4, 0.5) is 11.4 Å². The van der Waals surface area contributed by atoms with Crippen LogP contribution in [-0.4, -0.2) is 55.4 Å². The average Bonchev–Trinajstić information content (AvgIpc) is 3.50. The third-order valence-electron chi connectivity index (χ3n) is 6.60. The van der Waals surface area contributed by atoms with Crippen LogP contribution < -0.4 is 4.74 Å². The number of hydrogen-bond acceptors (Lipinski definition) is 7. The molecule has 45 heavy (non-hydrogen) atoms. The van der Waals surface area contributed by atoms with Gasteiger partial charge in [-0.05, 0) is 85.8 Å². The lowest BCUT2D eigenvalue weighted by molar-refractivity contribution is 0.0693. The Hall–Kier alpha value is -5.45. The Bertz CT molecular complexity index is 2070. The Morgan fingerprint density at radius 3 is 1.78 bits per heavy atom. The number of rotatable bonds is 7. The molecule has 12 heteroatoms. The van der Waals surface area contributed by atoms with Gasteiger partial charge in [0.1, 0.15) is 17.1 Å². The van der Waals surface area contributed by atoms with Crippen molar-refractivity contribution in [2.45, 2.75) is 6.92 Å². The molecule has 0 bridgehead atoms. The summed E-state index contributed by atoms with van der Waals surface area (Å²) in [6, 6.07) is 21.9. The molecule has 0 amide bonds. The van der Waals surface area contributed by atoms with E-state index in [0.717, 1.165) is 22.3 Å². The van der Waals surface area contributed by atoms with Crippen LogP contribution in [0.2, 0.25) is 10.0 Å². The van der Waals surface area contributed by atoms with E-state index >= 15 is 0 Å². The summed E-state index contributed by atoms with van der Waals surface area (Å²) in [5, 5.41) is 41.1. The van der Waals surface area contributed by atoms with E-state index in [9.17, 15) is 20.1 Å². The molecular weight excluding hydrogens is 619 g/mol. The Balaban J connectivity index is 0.000000178. The monoisotopic (exact) mass is 644 g/mol. The smallest absolute Gasteiger partial charge is 0.339 e. The number of hydrogen-bond donors (Lipinski definition) is 6. The number of nitrogens with one attached hydrogen (secondary N) is 2. The van der Waals surface area contributed by atoms with Crippen LogP contribution in [-0.2, 0) is 0 Å². The minimum Gasteiger partial charge on any atom is -0.507 e. The molecule has 0 fully saturated rings. The fourth-order valence-corrected chi connectivity index (χ4v) is 4.80. The van der Waals surface area contributed by atoms with E-state index < -0.39 is 5.97 Å². The fourth-order valence-electron chi connectivity index (χ4n) is 4.45. The van der Waals surface area contributed by atoms with Gasteiger partial charge >= 0.3 is 5.97 Å². The number of aromatic carboxylic acids is 1. The number of benzene rings is 4. The zero-order valence-corrected chi connectivity index (χ0v) is 25.1. The fraction of sp³-hybridized carbons (Fsp3) is 0.0606. The highest BCUT2D eigenvalue weighted by atomic mass is 35.5. The first-order valence-corrected chi connectivity index (χ1v) is 14.3. The number of carbonyl (C=O) groups is 1. The predicted octanol–water partition coefficient (Wildman–Crippen LogP) is 8.36. The van der Waals surface area contributed by atoms with E-state index in [0.29, 0.717) is 44.4 Å². The molecule has 6 rings (SSSR count). The molecule has 228 valence electrons. The standard InChI is InChI=1S/C17H15ClN2O2.C16H11ClN2O4/c1-2-22-13-6-4-12(5-7-13)19-10-15-14-9-11(18)3-8-16(14)20-17(15)21;17-8-1-3-13-10(5-8)12(15(21)19-13)7-18-9-2-4-14(20)11(6-9)16(22)23/h3-10,20-21H,2H2,1H3;1-7,19-21H,(H,22,23). The van der Waals surface area contributed by atoms with Crippen molar-refractivity contribution in [1.29, 1.82) is 0 Å². The van der Waals surface area contributed by atoms with Gasteiger partial charge in [0.2, 0.25) is 0 Å². The maximum absolute atomic E-state index is 11.0. The summed E-state index contributed by atoms with van der Waals surface area (Å²) < 4.78 is 5.39. The van der Waals surface area contributed by atoms with Crippen molar-refractivity contribution >= 4 is 74.8 Å². The number of ether oxygens (including phenoxy) is 1. The molecule has 2 aromatic heterocycles. The second kappa shape index (κ2) is 13.5. The number of aromatic hydroxyl groups is 3. The molecule has 0 spiro atoms. The molecule has 10 nitrogen and oxygen atoms in total. The Kier molecular flexibility index (Phi) is 9.27. The zero-order chi connectivity index (χ0) is 32.1. The highest BCUT2D eigenvalue weighted by Crippen LogP contribution is 2.30. The Morgan fingerprint density at radius 2 is 1.27 bits per heavy atom. The highest BCUT2D eigenvalue weighted by molar-refractivity contribution is 6.32. The van der Waals surface area contributed by atoms with Gasteiger partial charge < -0.3 is 35.1 Å². The zero-order valence-electron chi connectivity index (χ0n) is 23.6. The van der Waals surface area contributed by atoms with Crippen LogP contribution in [0, 0.1) is 0 Å². The van der Waals surface area contributed by atoms with Crippen LogP contribution in [0.25, 0.3) is 21.8 Å². The molecule has 4 aromatic carbocycles. The van der Waals surface area contributed by atoms with Gasteiger partial charge in [-0.15, -0.1) is 0 Å². The first-order chi connectivity index (χ1) is 21.6. The van der Waals surface area contributed by atoms with E-state index in [1.807, 2.05) is 37.3 Å². The molecule has 0 aliphatic carbocycles. The van der Waals surface area contributed by atoms with Crippen molar-refractivity contribution in [2.24, 2.45) is 9.98 Å². The number of carboxylic acids is 1. The molecule has 6 aromatic rings. The lowest BCUT2D eigenvalue weighted by Gasteiger charge is -2.02. The topological polar surface area (TPSA) is 164 Å². The van der Waals surface area contributed by atoms with Crippen molar-refractivity contribution < 1.29 is 30.0 Å². The molecule has 6 N–H and O–H groups in total. The van der Waals surface area contributed by atoms with Crippen molar-refractivity contribution in [1.82, 2.24) is 9.97 Å². The van der Waals surface area contributed by atoms with E-state index in [-0.39, 0.29) is 23.1 Å². The van der Waals surface area contributed by atoms with Crippen molar-refractivity contribution in [2.75, 3.05) is 6.61 Å². The number of aliphatic imine (C=N–C) groups is 2. The van der Waals surface area contributed by atoms with Crippen LogP contribution >= 0.6 is 23.2 Å². The number of fused-ring (bicyclic) bond motifs is 2. The number of phenols is 1. The van der Waals surface area contributed by atoms with Gasteiger partial charge in [-0.2, -0.15) is 0 Å². The molecule has 0 unspecified atom stereocenters. The second-order valence-corrected chi connectivity index (χ2v) is 10.5. The van der Waals surface area contributed by atoms with Crippen molar-refractivity contribution in [3.05, 3.63) is 106 Å². The van der Waals surface area contributed by atoms with E-state index in [4.69, 9.17) is 33.0 Å². The molecule has 0 atom stereocenters. The summed E-state index contributed by atoms with van der Waals surface area (Å²) >= 11 is 12.0. The largest absolute Gasteiger partial charge is 0.507 e. The highest BCUT2D eigenvalue weighted by Gasteiger charge is 2.12. The summed E-state index contributed by atoms with van der Waals surface area (Å²) in [6.07, 6.45) is 3.03. The average molecular weight is 645 g/mol. The lowest BCUT2D eigenvalue weighted by Crippen LogP contribution is -1.95. The number of halogens is 2. The molecule has 0 saturated heterocycles. The van der Waals surface area contributed by atoms with Crippen LogP contribution in [0.15, 0.2) is 88.8 Å². The summed E-state index contributed by atoms with van der Waals surface area (Å²) in [6.45, 7) is 2.57. The van der Waals surface area contributed by atoms with Gasteiger partial charge in [0.15, 0.2) is 11.8 Å². The minimum atomic E-state index is -1.25. The van der Waals surface area contributed by atoms with Gasteiger partial charge in [-0.3, -0.25) is 9.98 Å². The van der Waals surface area contributed by atoms with Gasteiger partial charge in [-0.25, -0.2) is 4.79 Å². The van der Waals surface area contributed by atoms with Crippen molar-refractivity contribution in [3.8, 4) is 23.3 Å². The molecule has 0 radical (unpaired) electrons. The number of carboxylic acid groups (broad SMARTS) is 1. The van der Waals surface area contributed by atoms with Crippen LogP contribution in [0.3, 0.4) is 0 Å². The van der Waals surface area contributed by atoms with E-state index in [1.165, 1.54) is 24.4 Å². The summed E-state index contributed by atoms with van der Waals surface area (Å²) in [5.41, 5.74) is 3.43. The van der Waals surface area contributed by atoms with Crippen LogP contribution in [0.1, 0.15) is 28.4 Å². The summed E-state index contributed by atoms with van der Waals surface area (Å²) in [5.74, 6) is -0.766. The first-order valence-electron chi connectivity index (χ1n) is 13.5. The maximum Gasteiger partial charge on any atom is 0.339 e. The number of H-pyrrole nitrogens is 2. The van der Waals surface area contributed by atoms with Gasteiger partial charge in [0.05, 0.1) is 29.1 Å². The van der Waals surface area contributed by atoms with Gasteiger partial charge in [0, 0.05) is 44.3 Å². The number of nitrogens with zero attached hydrogens (tertiary/aromatic N) is 2. The third kappa shape index (κ3) is 7.20. The van der Waals surface area contributed by atoms with Gasteiger partial charge in [-0.1, -0.05) is 23.2 Å². The maximum atomic E-state index is 11.0. The molecule has 0 aliphatic heterocycles. The summed E-state index contributed by atoms with van der Waals surface area (Å²) in [7, 11) is 0.